The lowest BCUT2D eigenvalue weighted by molar-refractivity contribution is -0.142. The van der Waals surface area contributed by atoms with Crippen molar-refractivity contribution in [3.05, 3.63) is 99.8 Å². The SMILES string of the molecule is CCCNC(=O)C(Cc1ccccc1)N(Cc1ccc(Cl)c(Cl)c1)C(=O)COc1ccccc1F. The van der Waals surface area contributed by atoms with E-state index in [2.05, 4.69) is 5.32 Å². The summed E-state index contributed by atoms with van der Waals surface area (Å²) in [6, 6.07) is 19.5. The third kappa shape index (κ3) is 7.70. The lowest BCUT2D eigenvalue weighted by atomic mass is 10.0. The van der Waals surface area contributed by atoms with Crippen LogP contribution in [0.4, 0.5) is 4.39 Å². The van der Waals surface area contributed by atoms with Gasteiger partial charge < -0.3 is 15.0 Å². The standard InChI is InChI=1S/C27H27Cl2FN2O3/c1-2-14-31-27(34)24(16-19-8-4-3-5-9-19)32(17-20-12-13-21(28)22(29)15-20)26(33)18-35-25-11-7-6-10-23(25)30/h3-13,15,24H,2,14,16-18H2,1H3,(H,31,34). The van der Waals surface area contributed by atoms with E-state index in [1.165, 1.54) is 23.1 Å². The lowest BCUT2D eigenvalue weighted by Crippen LogP contribution is -2.51. The number of benzene rings is 3. The van der Waals surface area contributed by atoms with E-state index in [1.807, 2.05) is 37.3 Å². The summed E-state index contributed by atoms with van der Waals surface area (Å²) in [7, 11) is 0. The van der Waals surface area contributed by atoms with Gasteiger partial charge in [-0.05, 0) is 41.8 Å². The van der Waals surface area contributed by atoms with Gasteiger partial charge in [-0.2, -0.15) is 0 Å². The monoisotopic (exact) mass is 516 g/mol. The molecule has 0 aliphatic carbocycles. The van der Waals surface area contributed by atoms with E-state index in [0.29, 0.717) is 28.6 Å². The molecule has 0 radical (unpaired) electrons. The van der Waals surface area contributed by atoms with Crippen LogP contribution in [-0.2, 0) is 22.6 Å². The van der Waals surface area contributed by atoms with Gasteiger partial charge in [-0.3, -0.25) is 9.59 Å². The predicted molar refractivity (Wildman–Crippen MR) is 136 cm³/mol. The van der Waals surface area contributed by atoms with Crippen LogP contribution < -0.4 is 10.1 Å². The fraction of sp³-hybridized carbons (Fsp3) is 0.259. The van der Waals surface area contributed by atoms with Gasteiger partial charge in [0.05, 0.1) is 10.0 Å². The minimum Gasteiger partial charge on any atom is -0.481 e. The summed E-state index contributed by atoms with van der Waals surface area (Å²) < 4.78 is 19.5. The maximum absolute atomic E-state index is 14.0. The van der Waals surface area contributed by atoms with E-state index < -0.39 is 24.4 Å². The molecule has 184 valence electrons. The van der Waals surface area contributed by atoms with Crippen LogP contribution in [0.25, 0.3) is 0 Å². The van der Waals surface area contributed by atoms with Gasteiger partial charge >= 0.3 is 0 Å². The summed E-state index contributed by atoms with van der Waals surface area (Å²) >= 11 is 12.3. The molecule has 1 N–H and O–H groups in total. The average Bonchev–Trinajstić information content (AvgIpc) is 2.86. The van der Waals surface area contributed by atoms with Gasteiger partial charge in [0.1, 0.15) is 6.04 Å². The number of hydrogen-bond acceptors (Lipinski definition) is 3. The molecule has 1 atom stereocenters. The molecule has 3 aromatic carbocycles. The fourth-order valence-corrected chi connectivity index (χ4v) is 3.86. The third-order valence-electron chi connectivity index (χ3n) is 5.35. The Kier molecular flexibility index (Phi) is 9.94. The Labute approximate surface area is 214 Å². The first kappa shape index (κ1) is 26.5. The summed E-state index contributed by atoms with van der Waals surface area (Å²) in [6.45, 7) is 2.08. The number of ether oxygens (including phenoxy) is 1. The van der Waals surface area contributed by atoms with Crippen molar-refractivity contribution < 1.29 is 18.7 Å². The number of carbonyl (C=O) groups is 2. The molecule has 2 amide bonds. The first-order chi connectivity index (χ1) is 16.9. The van der Waals surface area contributed by atoms with E-state index in [0.717, 1.165) is 12.0 Å². The van der Waals surface area contributed by atoms with Crippen molar-refractivity contribution in [3.63, 3.8) is 0 Å². The van der Waals surface area contributed by atoms with Gasteiger partial charge in [-0.15, -0.1) is 0 Å². The summed E-state index contributed by atoms with van der Waals surface area (Å²) in [5.41, 5.74) is 1.59. The van der Waals surface area contributed by atoms with Crippen LogP contribution in [0.5, 0.6) is 5.75 Å². The van der Waals surface area contributed by atoms with Crippen molar-refractivity contribution in [1.29, 1.82) is 0 Å². The molecule has 0 aliphatic heterocycles. The van der Waals surface area contributed by atoms with Crippen molar-refractivity contribution >= 4 is 35.0 Å². The lowest BCUT2D eigenvalue weighted by Gasteiger charge is -2.31. The molecule has 0 saturated heterocycles. The first-order valence-electron chi connectivity index (χ1n) is 11.3. The van der Waals surface area contributed by atoms with E-state index in [1.54, 1.807) is 24.3 Å². The number of amides is 2. The molecule has 0 saturated carbocycles. The molecule has 1 unspecified atom stereocenters. The molecule has 3 rings (SSSR count). The maximum Gasteiger partial charge on any atom is 0.261 e. The molecule has 3 aromatic rings. The molecule has 0 bridgehead atoms. The molecule has 5 nitrogen and oxygen atoms in total. The number of para-hydroxylation sites is 1. The van der Waals surface area contributed by atoms with E-state index >= 15 is 0 Å². The van der Waals surface area contributed by atoms with Gasteiger partial charge in [-0.1, -0.05) is 78.7 Å². The van der Waals surface area contributed by atoms with Crippen molar-refractivity contribution in [2.75, 3.05) is 13.2 Å². The molecule has 0 heterocycles. The number of hydrogen-bond donors (Lipinski definition) is 1. The van der Waals surface area contributed by atoms with E-state index in [4.69, 9.17) is 27.9 Å². The number of halogens is 3. The van der Waals surface area contributed by atoms with Gasteiger partial charge in [0, 0.05) is 19.5 Å². The maximum atomic E-state index is 14.0. The first-order valence-corrected chi connectivity index (χ1v) is 12.1. The zero-order chi connectivity index (χ0) is 25.2. The van der Waals surface area contributed by atoms with E-state index in [9.17, 15) is 14.0 Å². The zero-order valence-corrected chi connectivity index (χ0v) is 20.9. The summed E-state index contributed by atoms with van der Waals surface area (Å²) in [6.07, 6.45) is 1.05. The van der Waals surface area contributed by atoms with Crippen LogP contribution in [0.2, 0.25) is 10.0 Å². The predicted octanol–water partition coefficient (Wildman–Crippen LogP) is 5.68. The summed E-state index contributed by atoms with van der Waals surface area (Å²) in [5, 5.41) is 3.63. The highest BCUT2D eigenvalue weighted by Crippen LogP contribution is 2.24. The normalized spacial score (nSPS) is 11.5. The number of carbonyl (C=O) groups excluding carboxylic acids is 2. The molecule has 0 spiro atoms. The Morgan fingerprint density at radius 1 is 0.971 bits per heavy atom. The van der Waals surface area contributed by atoms with E-state index in [-0.39, 0.29) is 18.2 Å². The molecule has 8 heteroatoms. The van der Waals surface area contributed by atoms with Gasteiger partial charge in [0.2, 0.25) is 5.91 Å². The van der Waals surface area contributed by atoms with Crippen LogP contribution in [0.15, 0.2) is 72.8 Å². The van der Waals surface area contributed by atoms with Gasteiger partial charge in [-0.25, -0.2) is 4.39 Å². The third-order valence-corrected chi connectivity index (χ3v) is 6.08. The average molecular weight is 517 g/mol. The van der Waals surface area contributed by atoms with Crippen molar-refractivity contribution in [1.82, 2.24) is 10.2 Å². The summed E-state index contributed by atoms with van der Waals surface area (Å²) in [5.74, 6) is -1.36. The van der Waals surface area contributed by atoms with Crippen LogP contribution in [0.1, 0.15) is 24.5 Å². The second-order valence-corrected chi connectivity index (χ2v) is 8.80. The second kappa shape index (κ2) is 13.1. The Morgan fingerprint density at radius 3 is 2.37 bits per heavy atom. The molecule has 35 heavy (non-hydrogen) atoms. The highest BCUT2D eigenvalue weighted by Gasteiger charge is 2.30. The Bertz CT molecular complexity index is 1140. The highest BCUT2D eigenvalue weighted by atomic mass is 35.5. The van der Waals surface area contributed by atoms with Crippen molar-refractivity contribution in [2.45, 2.75) is 32.4 Å². The van der Waals surface area contributed by atoms with Gasteiger partial charge in [0.15, 0.2) is 18.2 Å². The number of nitrogens with zero attached hydrogens (tertiary/aromatic N) is 1. The Balaban J connectivity index is 1.92. The molecule has 0 aromatic heterocycles. The minimum atomic E-state index is -0.824. The van der Waals surface area contributed by atoms with Crippen molar-refractivity contribution in [2.24, 2.45) is 0 Å². The minimum absolute atomic E-state index is 0.0367. The smallest absolute Gasteiger partial charge is 0.261 e. The summed E-state index contributed by atoms with van der Waals surface area (Å²) in [4.78, 5) is 28.1. The molecular formula is C27H27Cl2FN2O3. The van der Waals surface area contributed by atoms with Crippen LogP contribution in [0.3, 0.4) is 0 Å². The zero-order valence-electron chi connectivity index (χ0n) is 19.3. The van der Waals surface area contributed by atoms with Gasteiger partial charge in [0.25, 0.3) is 5.91 Å². The topological polar surface area (TPSA) is 58.6 Å². The van der Waals surface area contributed by atoms with Crippen LogP contribution in [-0.4, -0.2) is 35.9 Å². The fourth-order valence-electron chi connectivity index (χ4n) is 3.54. The van der Waals surface area contributed by atoms with Crippen molar-refractivity contribution in [3.8, 4) is 5.75 Å². The number of nitrogens with one attached hydrogen (secondary N) is 1. The largest absolute Gasteiger partial charge is 0.481 e. The second-order valence-electron chi connectivity index (χ2n) is 7.99. The van der Waals surface area contributed by atoms with Crippen LogP contribution >= 0.6 is 23.2 Å². The quantitative estimate of drug-likeness (QED) is 0.356. The molecule has 0 aliphatic rings. The molecule has 0 fully saturated rings. The Hall–Kier alpha value is -3.09. The molecular weight excluding hydrogens is 490 g/mol. The highest BCUT2D eigenvalue weighted by molar-refractivity contribution is 6.42. The number of rotatable bonds is 11. The Morgan fingerprint density at radius 2 is 1.69 bits per heavy atom. The van der Waals surface area contributed by atoms with Crippen LogP contribution in [0, 0.1) is 5.82 Å².